The molecule has 2 unspecified atom stereocenters. The maximum Gasteiger partial charge on any atom is 0.193 e. The van der Waals surface area contributed by atoms with Gasteiger partial charge in [-0.15, -0.1) is 0 Å². The molecule has 0 saturated heterocycles. The van der Waals surface area contributed by atoms with Crippen LogP contribution < -0.4 is 20.5 Å². The van der Waals surface area contributed by atoms with Crippen molar-refractivity contribution in [2.75, 3.05) is 19.5 Å². The first kappa shape index (κ1) is 17.0. The van der Waals surface area contributed by atoms with E-state index in [2.05, 4.69) is 10.3 Å². The summed E-state index contributed by atoms with van der Waals surface area (Å²) in [5.41, 5.74) is 6.66. The van der Waals surface area contributed by atoms with Crippen LogP contribution >= 0.6 is 0 Å². The molecule has 25 heavy (non-hydrogen) atoms. The summed E-state index contributed by atoms with van der Waals surface area (Å²) in [5.74, 6) is -0.0504. The molecule has 3 N–H and O–H groups in total. The van der Waals surface area contributed by atoms with Gasteiger partial charge in [0.1, 0.15) is 11.6 Å². The molecule has 2 aromatic carbocycles. The number of nitrogens with one attached hydrogen (secondary N) is 1. The maximum absolute atomic E-state index is 13.8. The summed E-state index contributed by atoms with van der Waals surface area (Å²) < 4.78 is 38.0. The van der Waals surface area contributed by atoms with Crippen molar-refractivity contribution in [2.45, 2.75) is 18.4 Å². The Labute approximate surface area is 144 Å². The minimum absolute atomic E-state index is 0.0789. The van der Waals surface area contributed by atoms with Gasteiger partial charge in [0, 0.05) is 23.2 Å². The van der Waals surface area contributed by atoms with Crippen molar-refractivity contribution in [3.05, 3.63) is 53.6 Å². The number of methoxy groups -OCH3 is 2. The second kappa shape index (κ2) is 6.96. The molecule has 132 valence electrons. The second-order valence-electron chi connectivity index (χ2n) is 5.75. The quantitative estimate of drug-likeness (QED) is 0.643. The van der Waals surface area contributed by atoms with Crippen LogP contribution in [0.2, 0.25) is 0 Å². The van der Waals surface area contributed by atoms with E-state index < -0.39 is 11.6 Å². The van der Waals surface area contributed by atoms with E-state index in [1.165, 1.54) is 25.3 Å². The molecular formula is C18H19F2N3O2. The first-order valence-electron chi connectivity index (χ1n) is 7.79. The van der Waals surface area contributed by atoms with E-state index in [1.807, 2.05) is 0 Å². The molecule has 0 aromatic heterocycles. The van der Waals surface area contributed by atoms with Gasteiger partial charge in [-0.1, -0.05) is 6.07 Å². The molecule has 1 fully saturated rings. The zero-order chi connectivity index (χ0) is 18.0. The molecule has 1 aliphatic carbocycles. The van der Waals surface area contributed by atoms with Crippen LogP contribution in [0.1, 0.15) is 17.9 Å². The molecule has 7 heteroatoms. The molecule has 5 nitrogen and oxygen atoms in total. The van der Waals surface area contributed by atoms with Gasteiger partial charge >= 0.3 is 0 Å². The van der Waals surface area contributed by atoms with E-state index in [0.717, 1.165) is 0 Å². The number of benzene rings is 2. The lowest BCUT2D eigenvalue weighted by molar-refractivity contribution is 0.355. The lowest BCUT2D eigenvalue weighted by Gasteiger charge is -2.11. The number of nitrogens with zero attached hydrogens (tertiary/aromatic N) is 1. The van der Waals surface area contributed by atoms with Crippen molar-refractivity contribution < 1.29 is 18.3 Å². The van der Waals surface area contributed by atoms with Crippen LogP contribution in [0.15, 0.2) is 41.4 Å². The molecular weight excluding hydrogens is 328 g/mol. The fourth-order valence-corrected chi connectivity index (χ4v) is 2.77. The number of nitrogens with two attached hydrogens (primary N) is 1. The third-order valence-electron chi connectivity index (χ3n) is 4.09. The molecule has 1 saturated carbocycles. The van der Waals surface area contributed by atoms with Crippen molar-refractivity contribution in [3.8, 4) is 11.5 Å². The van der Waals surface area contributed by atoms with Gasteiger partial charge in [0.25, 0.3) is 0 Å². The Morgan fingerprint density at radius 2 is 1.80 bits per heavy atom. The van der Waals surface area contributed by atoms with Crippen LogP contribution in [0.4, 0.5) is 14.5 Å². The van der Waals surface area contributed by atoms with Gasteiger partial charge in [-0.05, 0) is 30.7 Å². The highest BCUT2D eigenvalue weighted by molar-refractivity contribution is 5.92. The van der Waals surface area contributed by atoms with Gasteiger partial charge in [0.2, 0.25) is 0 Å². The predicted molar refractivity (Wildman–Crippen MR) is 92.3 cm³/mol. The topological polar surface area (TPSA) is 68.9 Å². The largest absolute Gasteiger partial charge is 0.493 e. The third kappa shape index (κ3) is 3.65. The zero-order valence-corrected chi connectivity index (χ0v) is 13.9. The molecule has 0 spiro atoms. The smallest absolute Gasteiger partial charge is 0.193 e. The number of hydrogen-bond acceptors (Lipinski definition) is 3. The number of ether oxygens (including phenoxy) is 2. The van der Waals surface area contributed by atoms with E-state index in [9.17, 15) is 8.78 Å². The number of halogens is 2. The molecule has 0 heterocycles. The Morgan fingerprint density at radius 1 is 1.12 bits per heavy atom. The van der Waals surface area contributed by atoms with Gasteiger partial charge in [-0.3, -0.25) is 0 Å². The first-order chi connectivity index (χ1) is 12.0. The summed E-state index contributed by atoms with van der Waals surface area (Å²) in [5, 5.41) is 2.95. The molecule has 0 bridgehead atoms. The Kier molecular flexibility index (Phi) is 4.74. The summed E-state index contributed by atoms with van der Waals surface area (Å²) in [6.45, 7) is 0. The van der Waals surface area contributed by atoms with Gasteiger partial charge in [-0.25, -0.2) is 13.8 Å². The van der Waals surface area contributed by atoms with E-state index in [1.54, 1.807) is 25.3 Å². The van der Waals surface area contributed by atoms with E-state index >= 15 is 0 Å². The molecule has 0 amide bonds. The van der Waals surface area contributed by atoms with E-state index in [0.29, 0.717) is 23.6 Å². The van der Waals surface area contributed by atoms with Crippen LogP contribution in [0, 0.1) is 11.6 Å². The monoisotopic (exact) mass is 347 g/mol. The fraction of sp³-hybridized carbons (Fsp3) is 0.278. The van der Waals surface area contributed by atoms with Crippen molar-refractivity contribution in [1.82, 2.24) is 0 Å². The third-order valence-corrected chi connectivity index (χ3v) is 4.09. The lowest BCUT2D eigenvalue weighted by Crippen LogP contribution is -2.23. The number of aliphatic imine (C=N–C) groups is 1. The average Bonchev–Trinajstić information content (AvgIpc) is 3.32. The standard InChI is InChI=1S/C18H19F2N3O2/c1-24-15-7-6-10(8-16(15)25-2)22-18(21)23-14-9-11(14)17-12(19)4-3-5-13(17)20/h3-8,11,14H,9H2,1-2H3,(H3,21,22,23). The highest BCUT2D eigenvalue weighted by Gasteiger charge is 2.42. The Bertz CT molecular complexity index is 791. The van der Waals surface area contributed by atoms with Gasteiger partial charge in [0.05, 0.1) is 20.3 Å². The van der Waals surface area contributed by atoms with Crippen LogP contribution in [-0.4, -0.2) is 26.2 Å². The minimum Gasteiger partial charge on any atom is -0.493 e. The molecule has 2 atom stereocenters. The summed E-state index contributed by atoms with van der Waals surface area (Å²) in [4.78, 5) is 4.30. The summed E-state index contributed by atoms with van der Waals surface area (Å²) in [6.07, 6.45) is 0.562. The van der Waals surface area contributed by atoms with Crippen LogP contribution in [0.3, 0.4) is 0 Å². The van der Waals surface area contributed by atoms with Crippen LogP contribution in [-0.2, 0) is 0 Å². The van der Waals surface area contributed by atoms with Gasteiger partial charge in [-0.2, -0.15) is 0 Å². The average molecular weight is 347 g/mol. The van der Waals surface area contributed by atoms with Gasteiger partial charge in [0.15, 0.2) is 17.5 Å². The van der Waals surface area contributed by atoms with Crippen molar-refractivity contribution in [3.63, 3.8) is 0 Å². The number of rotatable bonds is 5. The first-order valence-corrected chi connectivity index (χ1v) is 7.79. The van der Waals surface area contributed by atoms with E-state index in [4.69, 9.17) is 15.2 Å². The SMILES string of the molecule is COc1ccc(NC(N)=NC2CC2c2c(F)cccc2F)cc1OC. The van der Waals surface area contributed by atoms with Crippen LogP contribution in [0.5, 0.6) is 11.5 Å². The zero-order valence-electron chi connectivity index (χ0n) is 13.9. The summed E-state index contributed by atoms with van der Waals surface area (Å²) in [6, 6.07) is 8.85. The molecule has 1 aliphatic rings. The Hall–Kier alpha value is -2.83. The molecule has 2 aromatic rings. The van der Waals surface area contributed by atoms with Crippen molar-refractivity contribution in [2.24, 2.45) is 10.7 Å². The summed E-state index contributed by atoms with van der Waals surface area (Å²) >= 11 is 0. The number of anilines is 1. The highest BCUT2D eigenvalue weighted by Crippen LogP contribution is 2.45. The Morgan fingerprint density at radius 3 is 2.44 bits per heavy atom. The molecule has 0 aliphatic heterocycles. The minimum atomic E-state index is -0.547. The van der Waals surface area contributed by atoms with Gasteiger partial charge < -0.3 is 20.5 Å². The number of guanidine groups is 1. The Balaban J connectivity index is 1.70. The fourth-order valence-electron chi connectivity index (χ4n) is 2.77. The molecule has 0 radical (unpaired) electrons. The number of hydrogen-bond donors (Lipinski definition) is 2. The lowest BCUT2D eigenvalue weighted by atomic mass is 10.1. The predicted octanol–water partition coefficient (Wildman–Crippen LogP) is 3.26. The molecule has 3 rings (SSSR count). The van der Waals surface area contributed by atoms with E-state index in [-0.39, 0.29) is 23.5 Å². The highest BCUT2D eigenvalue weighted by atomic mass is 19.1. The maximum atomic E-state index is 13.8. The second-order valence-corrected chi connectivity index (χ2v) is 5.75. The normalized spacial score (nSPS) is 19.4. The van der Waals surface area contributed by atoms with Crippen molar-refractivity contribution >= 4 is 11.6 Å². The summed E-state index contributed by atoms with van der Waals surface area (Å²) in [7, 11) is 3.09. The van der Waals surface area contributed by atoms with Crippen LogP contribution in [0.25, 0.3) is 0 Å². The van der Waals surface area contributed by atoms with Crippen molar-refractivity contribution in [1.29, 1.82) is 0 Å².